The Bertz CT molecular complexity index is 1230. The van der Waals surface area contributed by atoms with Crippen LogP contribution in [0.25, 0.3) is 11.0 Å². The lowest BCUT2D eigenvalue weighted by molar-refractivity contribution is 0.0686. The van der Waals surface area contributed by atoms with E-state index in [-0.39, 0.29) is 16.9 Å². The fourth-order valence-electron chi connectivity index (χ4n) is 4.00. The first-order valence-electron chi connectivity index (χ1n) is 10.0. The Labute approximate surface area is 192 Å². The van der Waals surface area contributed by atoms with Gasteiger partial charge in [-0.1, -0.05) is 11.6 Å². The minimum Gasteiger partial charge on any atom is -0.473 e. The summed E-state index contributed by atoms with van der Waals surface area (Å²) in [5.41, 5.74) is 1.83. The van der Waals surface area contributed by atoms with Crippen molar-refractivity contribution >= 4 is 51.0 Å². The number of pyridine rings is 1. The summed E-state index contributed by atoms with van der Waals surface area (Å²) in [5.74, 6) is 0.532. The molecule has 0 amide bonds. The van der Waals surface area contributed by atoms with Crippen LogP contribution in [0.3, 0.4) is 0 Å². The zero-order valence-electron chi connectivity index (χ0n) is 16.9. The van der Waals surface area contributed by atoms with E-state index in [1.807, 2.05) is 6.92 Å². The highest BCUT2D eigenvalue weighted by atomic mass is 35.5. The number of hydrogen-bond donors (Lipinski definition) is 1. The summed E-state index contributed by atoms with van der Waals surface area (Å²) in [7, 11) is 0. The zero-order valence-corrected chi connectivity index (χ0v) is 18.5. The molecule has 1 N–H and O–H groups in total. The maximum absolute atomic E-state index is 14.5. The Morgan fingerprint density at radius 3 is 2.94 bits per heavy atom. The Hall–Kier alpha value is -2.75. The lowest BCUT2D eigenvalue weighted by atomic mass is 10.0. The van der Waals surface area contributed by atoms with Gasteiger partial charge in [0.1, 0.15) is 23.3 Å². The normalized spacial score (nSPS) is 18.5. The molecule has 0 unspecified atom stereocenters. The molecule has 2 aromatic heterocycles. The quantitative estimate of drug-likeness (QED) is 0.445. The highest BCUT2D eigenvalue weighted by molar-refractivity contribution is 6.68. The van der Waals surface area contributed by atoms with Gasteiger partial charge in [0.25, 0.3) is 11.1 Å². The second-order valence-electron chi connectivity index (χ2n) is 7.62. The van der Waals surface area contributed by atoms with Gasteiger partial charge in [0, 0.05) is 18.2 Å². The lowest BCUT2D eigenvalue weighted by Crippen LogP contribution is -2.51. The van der Waals surface area contributed by atoms with Gasteiger partial charge in [0.15, 0.2) is 5.82 Å². The first-order valence-corrected chi connectivity index (χ1v) is 10.8. The number of carbonyl (C=O) groups excluding carboxylic acids is 1. The van der Waals surface area contributed by atoms with Gasteiger partial charge < -0.3 is 19.7 Å². The summed E-state index contributed by atoms with van der Waals surface area (Å²) in [6.07, 6.45) is 0. The van der Waals surface area contributed by atoms with Gasteiger partial charge in [-0.2, -0.15) is 0 Å². The van der Waals surface area contributed by atoms with Crippen LogP contribution in [0.15, 0.2) is 24.3 Å². The van der Waals surface area contributed by atoms with Gasteiger partial charge in [-0.3, -0.25) is 4.79 Å². The highest BCUT2D eigenvalue weighted by Gasteiger charge is 2.33. The van der Waals surface area contributed by atoms with Crippen molar-refractivity contribution < 1.29 is 18.7 Å². The topological polar surface area (TPSA) is 89.5 Å². The molecule has 4 heterocycles. The predicted octanol–water partition coefficient (Wildman–Crippen LogP) is 3.97. The molecule has 1 fully saturated rings. The molecule has 0 aliphatic carbocycles. The van der Waals surface area contributed by atoms with E-state index >= 15 is 0 Å². The Balaban J connectivity index is 1.57. The van der Waals surface area contributed by atoms with Gasteiger partial charge >= 0.3 is 0 Å². The minimum absolute atomic E-state index is 0.0141. The smallest absolute Gasteiger partial charge is 0.273 e. The number of anilines is 2. The summed E-state index contributed by atoms with van der Waals surface area (Å²) in [4.78, 5) is 27.3. The van der Waals surface area contributed by atoms with E-state index in [9.17, 15) is 9.18 Å². The molecule has 0 saturated carbocycles. The largest absolute Gasteiger partial charge is 0.473 e. The third kappa shape index (κ3) is 3.80. The number of benzene rings is 1. The number of aromatic nitrogens is 3. The van der Waals surface area contributed by atoms with Crippen LogP contribution in [0.2, 0.25) is 5.15 Å². The van der Waals surface area contributed by atoms with Crippen molar-refractivity contribution in [3.8, 4) is 5.88 Å². The summed E-state index contributed by atoms with van der Waals surface area (Å²) < 4.78 is 25.8. The van der Waals surface area contributed by atoms with Crippen molar-refractivity contribution in [2.45, 2.75) is 19.0 Å². The molecule has 5 rings (SSSR count). The van der Waals surface area contributed by atoms with Crippen LogP contribution in [0, 0.1) is 5.82 Å². The molecule has 0 radical (unpaired) electrons. The minimum atomic E-state index is -0.754. The van der Waals surface area contributed by atoms with Gasteiger partial charge in [-0.05, 0) is 36.7 Å². The summed E-state index contributed by atoms with van der Waals surface area (Å²) >= 11 is 11.6. The first-order chi connectivity index (χ1) is 15.4. The molecule has 11 heteroatoms. The number of morpholine rings is 1. The van der Waals surface area contributed by atoms with E-state index in [0.717, 1.165) is 0 Å². The number of fused-ring (bicyclic) bond motifs is 4. The van der Waals surface area contributed by atoms with Crippen LogP contribution in [0.4, 0.5) is 15.9 Å². The van der Waals surface area contributed by atoms with Crippen molar-refractivity contribution in [3.05, 3.63) is 46.5 Å². The fourth-order valence-corrected chi connectivity index (χ4v) is 4.29. The number of hydrogen-bond acceptors (Lipinski definition) is 8. The lowest BCUT2D eigenvalue weighted by Gasteiger charge is -2.39. The molecule has 2 atom stereocenters. The van der Waals surface area contributed by atoms with Crippen molar-refractivity contribution in [2.75, 3.05) is 36.6 Å². The summed E-state index contributed by atoms with van der Waals surface area (Å²) in [6, 6.07) is 5.46. The molecular formula is C21H18Cl2FN5O3. The number of rotatable bonds is 4. The number of halogens is 3. The molecule has 3 aromatic rings. The van der Waals surface area contributed by atoms with Crippen LogP contribution in [0.5, 0.6) is 5.88 Å². The van der Waals surface area contributed by atoms with Gasteiger partial charge in [0.05, 0.1) is 42.0 Å². The number of carbonyl (C=O) groups is 1. The first kappa shape index (κ1) is 21.1. The molecule has 2 aliphatic heterocycles. The predicted molar refractivity (Wildman–Crippen MR) is 118 cm³/mol. The molecule has 32 heavy (non-hydrogen) atoms. The zero-order chi connectivity index (χ0) is 22.4. The average molecular weight is 478 g/mol. The van der Waals surface area contributed by atoms with Crippen molar-refractivity contribution in [1.82, 2.24) is 15.0 Å². The summed E-state index contributed by atoms with van der Waals surface area (Å²) in [5, 5.41) is 2.55. The molecule has 8 nitrogen and oxygen atoms in total. The third-order valence-corrected chi connectivity index (χ3v) is 5.90. The van der Waals surface area contributed by atoms with Crippen molar-refractivity contribution in [1.29, 1.82) is 0 Å². The molecule has 0 spiro atoms. The van der Waals surface area contributed by atoms with Crippen LogP contribution in [-0.4, -0.2) is 52.6 Å². The van der Waals surface area contributed by atoms with Gasteiger partial charge in [-0.15, -0.1) is 0 Å². The second-order valence-corrected chi connectivity index (χ2v) is 8.35. The molecule has 1 aromatic carbocycles. The number of nitrogens with zero attached hydrogens (tertiary/aromatic N) is 4. The fraction of sp³-hybridized carbons (Fsp3) is 0.333. The van der Waals surface area contributed by atoms with Gasteiger partial charge in [0.2, 0.25) is 0 Å². The van der Waals surface area contributed by atoms with Gasteiger partial charge in [-0.25, -0.2) is 19.3 Å². The maximum Gasteiger partial charge on any atom is 0.273 e. The second kappa shape index (κ2) is 8.31. The Morgan fingerprint density at radius 2 is 2.12 bits per heavy atom. The molecule has 166 valence electrons. The third-order valence-electron chi connectivity index (χ3n) is 5.51. The Morgan fingerprint density at radius 1 is 1.28 bits per heavy atom. The highest BCUT2D eigenvalue weighted by Crippen LogP contribution is 2.36. The van der Waals surface area contributed by atoms with E-state index in [1.165, 1.54) is 18.2 Å². The van der Waals surface area contributed by atoms with E-state index < -0.39 is 17.1 Å². The standard InChI is InChI=1S/C21H18Cl2FN5O3/c1-10(25-14-2-3-16(22)27-18(14)19(23)30)13-6-11(24)7-15-17(13)28-20-21(26-15)32-9-12-8-31-5-4-29(12)20/h2-3,6-7,10,12,25H,4-5,8-9H2,1H3/t10-,12+/m1/s1. The molecule has 2 aliphatic rings. The Kier molecular flexibility index (Phi) is 5.48. The maximum atomic E-state index is 14.5. The van der Waals surface area contributed by atoms with Crippen molar-refractivity contribution in [3.63, 3.8) is 0 Å². The monoisotopic (exact) mass is 477 g/mol. The van der Waals surface area contributed by atoms with Crippen LogP contribution < -0.4 is 15.0 Å². The van der Waals surface area contributed by atoms with E-state index in [4.69, 9.17) is 37.7 Å². The molecule has 1 saturated heterocycles. The van der Waals surface area contributed by atoms with E-state index in [1.54, 1.807) is 6.07 Å². The van der Waals surface area contributed by atoms with E-state index in [0.29, 0.717) is 60.3 Å². The molecular weight excluding hydrogens is 460 g/mol. The van der Waals surface area contributed by atoms with E-state index in [2.05, 4.69) is 20.2 Å². The van der Waals surface area contributed by atoms with Crippen molar-refractivity contribution in [2.24, 2.45) is 0 Å². The number of ether oxygens (including phenoxy) is 2. The summed E-state index contributed by atoms with van der Waals surface area (Å²) in [6.45, 7) is 4.06. The average Bonchev–Trinajstić information content (AvgIpc) is 2.78. The number of nitrogens with one attached hydrogen (secondary N) is 1. The van der Waals surface area contributed by atoms with Crippen LogP contribution >= 0.6 is 23.2 Å². The van der Waals surface area contributed by atoms with Crippen LogP contribution in [0.1, 0.15) is 29.0 Å². The SMILES string of the molecule is C[C@@H](Nc1ccc(Cl)nc1C(=O)Cl)c1cc(F)cc2nc3c(nc12)N1CCOC[C@H]1CO3. The van der Waals surface area contributed by atoms with Crippen LogP contribution in [-0.2, 0) is 4.74 Å². The molecule has 0 bridgehead atoms.